The van der Waals surface area contributed by atoms with Gasteiger partial charge in [0.05, 0.1) is 0 Å². The van der Waals surface area contributed by atoms with Crippen molar-refractivity contribution in [3.05, 3.63) is 29.8 Å². The maximum Gasteiger partial charge on any atom is 0.323 e. The molecule has 0 atom stereocenters. The zero-order chi connectivity index (χ0) is 17.0. The maximum atomic E-state index is 12.4. The van der Waals surface area contributed by atoms with Crippen molar-refractivity contribution in [1.29, 1.82) is 0 Å². The van der Waals surface area contributed by atoms with Crippen molar-refractivity contribution >= 4 is 23.5 Å². The highest BCUT2D eigenvalue weighted by Crippen LogP contribution is 2.30. The summed E-state index contributed by atoms with van der Waals surface area (Å²) in [6, 6.07) is 6.56. The SMILES string of the molecule is CC(C)CN(CC(=O)O)C(=O)c1ccc(NC(=O)C2CC2)cc1. The van der Waals surface area contributed by atoms with Crippen molar-refractivity contribution < 1.29 is 19.5 Å². The van der Waals surface area contributed by atoms with Crippen LogP contribution < -0.4 is 5.32 Å². The summed E-state index contributed by atoms with van der Waals surface area (Å²) in [4.78, 5) is 36.4. The second-order valence-electron chi connectivity index (χ2n) is 6.31. The highest BCUT2D eigenvalue weighted by molar-refractivity contribution is 5.97. The number of carbonyl (C=O) groups excluding carboxylic acids is 2. The van der Waals surface area contributed by atoms with E-state index in [1.165, 1.54) is 4.90 Å². The normalized spacial score (nSPS) is 13.7. The van der Waals surface area contributed by atoms with Crippen LogP contribution in [0, 0.1) is 11.8 Å². The monoisotopic (exact) mass is 318 g/mol. The number of carboxylic acid groups (broad SMARTS) is 1. The molecular weight excluding hydrogens is 296 g/mol. The molecule has 1 aliphatic rings. The number of amides is 2. The van der Waals surface area contributed by atoms with Crippen molar-refractivity contribution in [1.82, 2.24) is 4.90 Å². The van der Waals surface area contributed by atoms with Crippen molar-refractivity contribution in [2.45, 2.75) is 26.7 Å². The zero-order valence-corrected chi connectivity index (χ0v) is 13.4. The molecule has 23 heavy (non-hydrogen) atoms. The summed E-state index contributed by atoms with van der Waals surface area (Å²) in [6.07, 6.45) is 1.86. The van der Waals surface area contributed by atoms with Gasteiger partial charge in [0.2, 0.25) is 5.91 Å². The molecule has 6 nitrogen and oxygen atoms in total. The molecule has 2 rings (SSSR count). The molecule has 1 fully saturated rings. The van der Waals surface area contributed by atoms with Gasteiger partial charge < -0.3 is 15.3 Å². The number of nitrogens with zero attached hydrogens (tertiary/aromatic N) is 1. The summed E-state index contributed by atoms with van der Waals surface area (Å²) < 4.78 is 0. The number of carboxylic acids is 1. The van der Waals surface area contributed by atoms with Crippen LogP contribution in [0.3, 0.4) is 0 Å². The van der Waals surface area contributed by atoms with Crippen LogP contribution in [0.5, 0.6) is 0 Å². The minimum Gasteiger partial charge on any atom is -0.480 e. The molecule has 0 aliphatic heterocycles. The van der Waals surface area contributed by atoms with E-state index >= 15 is 0 Å². The van der Waals surface area contributed by atoms with Gasteiger partial charge in [0.1, 0.15) is 6.54 Å². The van der Waals surface area contributed by atoms with Crippen molar-refractivity contribution in [2.24, 2.45) is 11.8 Å². The van der Waals surface area contributed by atoms with Crippen molar-refractivity contribution in [2.75, 3.05) is 18.4 Å². The van der Waals surface area contributed by atoms with Crippen LogP contribution in [0.2, 0.25) is 0 Å². The predicted molar refractivity (Wildman–Crippen MR) is 86.2 cm³/mol. The minimum atomic E-state index is -1.03. The number of nitrogens with one attached hydrogen (secondary N) is 1. The number of rotatable bonds is 7. The molecule has 2 amide bonds. The van der Waals surface area contributed by atoms with Gasteiger partial charge in [-0.25, -0.2) is 0 Å². The van der Waals surface area contributed by atoms with Gasteiger partial charge in [0.25, 0.3) is 5.91 Å². The number of hydrogen-bond acceptors (Lipinski definition) is 3. The summed E-state index contributed by atoms with van der Waals surface area (Å²) in [5.41, 5.74) is 1.06. The minimum absolute atomic E-state index is 0.0105. The maximum absolute atomic E-state index is 12.4. The van der Waals surface area contributed by atoms with Crippen LogP contribution in [-0.2, 0) is 9.59 Å². The summed E-state index contributed by atoms with van der Waals surface area (Å²) in [7, 11) is 0. The molecular formula is C17H22N2O4. The lowest BCUT2D eigenvalue weighted by Crippen LogP contribution is -2.38. The molecule has 2 N–H and O–H groups in total. The Kier molecular flexibility index (Phi) is 5.36. The first-order valence-corrected chi connectivity index (χ1v) is 7.79. The molecule has 0 heterocycles. The largest absolute Gasteiger partial charge is 0.480 e. The van der Waals surface area contributed by atoms with E-state index in [-0.39, 0.29) is 30.2 Å². The molecule has 1 aromatic carbocycles. The third-order valence-electron chi connectivity index (χ3n) is 3.55. The van der Waals surface area contributed by atoms with E-state index < -0.39 is 5.97 Å². The first-order chi connectivity index (χ1) is 10.9. The molecule has 1 aromatic rings. The van der Waals surface area contributed by atoms with Crippen LogP contribution >= 0.6 is 0 Å². The molecule has 0 saturated heterocycles. The Labute approximate surface area is 135 Å². The van der Waals surface area contributed by atoms with E-state index in [2.05, 4.69) is 5.32 Å². The first kappa shape index (κ1) is 17.0. The standard InChI is InChI=1S/C17H22N2O4/c1-11(2)9-19(10-15(20)21)17(23)13-5-7-14(8-6-13)18-16(22)12-3-4-12/h5-8,11-12H,3-4,9-10H2,1-2H3,(H,18,22)(H,20,21). The smallest absolute Gasteiger partial charge is 0.323 e. The van der Waals surface area contributed by atoms with Gasteiger partial charge in [-0.1, -0.05) is 13.8 Å². The third-order valence-corrected chi connectivity index (χ3v) is 3.55. The summed E-state index contributed by atoms with van der Waals surface area (Å²) in [5, 5.41) is 11.8. The number of anilines is 1. The van der Waals surface area contributed by atoms with Gasteiger partial charge in [-0.05, 0) is 43.0 Å². The van der Waals surface area contributed by atoms with Gasteiger partial charge >= 0.3 is 5.97 Å². The molecule has 0 bridgehead atoms. The van der Waals surface area contributed by atoms with Crippen LogP contribution in [0.4, 0.5) is 5.69 Å². The van der Waals surface area contributed by atoms with E-state index in [1.54, 1.807) is 24.3 Å². The van der Waals surface area contributed by atoms with Gasteiger partial charge in [0, 0.05) is 23.7 Å². The van der Waals surface area contributed by atoms with E-state index in [0.29, 0.717) is 17.8 Å². The average molecular weight is 318 g/mol. The van der Waals surface area contributed by atoms with E-state index in [1.807, 2.05) is 13.8 Å². The van der Waals surface area contributed by atoms with Gasteiger partial charge in [-0.2, -0.15) is 0 Å². The Bertz CT molecular complexity index is 591. The van der Waals surface area contributed by atoms with E-state index in [9.17, 15) is 14.4 Å². The molecule has 0 unspecified atom stereocenters. The summed E-state index contributed by atoms with van der Waals surface area (Å²) in [5.74, 6) is -1.05. The molecule has 1 aliphatic carbocycles. The summed E-state index contributed by atoms with van der Waals surface area (Å²) >= 11 is 0. The third kappa shape index (κ3) is 5.09. The second-order valence-corrected chi connectivity index (χ2v) is 6.31. The number of hydrogen-bond donors (Lipinski definition) is 2. The fourth-order valence-electron chi connectivity index (χ4n) is 2.29. The quantitative estimate of drug-likeness (QED) is 0.807. The zero-order valence-electron chi connectivity index (χ0n) is 13.4. The van der Waals surface area contributed by atoms with E-state index in [4.69, 9.17) is 5.11 Å². The number of benzene rings is 1. The molecule has 0 radical (unpaired) electrons. The fourth-order valence-corrected chi connectivity index (χ4v) is 2.29. The molecule has 124 valence electrons. The Morgan fingerprint density at radius 3 is 2.30 bits per heavy atom. The van der Waals surface area contributed by atoms with Crippen molar-refractivity contribution in [3.63, 3.8) is 0 Å². The average Bonchev–Trinajstić information content (AvgIpc) is 3.30. The Morgan fingerprint density at radius 2 is 1.83 bits per heavy atom. The Hall–Kier alpha value is -2.37. The van der Waals surface area contributed by atoms with Crippen LogP contribution in [0.25, 0.3) is 0 Å². The highest BCUT2D eigenvalue weighted by atomic mass is 16.4. The van der Waals surface area contributed by atoms with Crippen molar-refractivity contribution in [3.8, 4) is 0 Å². The van der Waals surface area contributed by atoms with Gasteiger partial charge in [-0.3, -0.25) is 14.4 Å². The lowest BCUT2D eigenvalue weighted by Gasteiger charge is -2.22. The fraction of sp³-hybridized carbons (Fsp3) is 0.471. The van der Waals surface area contributed by atoms with E-state index in [0.717, 1.165) is 12.8 Å². The summed E-state index contributed by atoms with van der Waals surface area (Å²) in [6.45, 7) is 3.92. The lowest BCUT2D eigenvalue weighted by atomic mass is 10.1. The molecule has 0 aromatic heterocycles. The number of carbonyl (C=O) groups is 3. The van der Waals surface area contributed by atoms with Crippen LogP contribution in [-0.4, -0.2) is 40.9 Å². The first-order valence-electron chi connectivity index (χ1n) is 7.79. The van der Waals surface area contributed by atoms with Gasteiger partial charge in [0.15, 0.2) is 0 Å². The highest BCUT2D eigenvalue weighted by Gasteiger charge is 2.29. The number of aliphatic carboxylic acids is 1. The van der Waals surface area contributed by atoms with Crippen LogP contribution in [0.15, 0.2) is 24.3 Å². The van der Waals surface area contributed by atoms with Gasteiger partial charge in [-0.15, -0.1) is 0 Å². The second kappa shape index (κ2) is 7.26. The molecule has 6 heteroatoms. The lowest BCUT2D eigenvalue weighted by molar-refractivity contribution is -0.137. The topological polar surface area (TPSA) is 86.7 Å². The molecule has 0 spiro atoms. The Morgan fingerprint density at radius 1 is 1.22 bits per heavy atom. The van der Waals surface area contributed by atoms with Crippen LogP contribution in [0.1, 0.15) is 37.0 Å². The molecule has 1 saturated carbocycles. The predicted octanol–water partition coefficient (Wildman–Crippen LogP) is 2.22. The Balaban J connectivity index is 2.04.